The topological polar surface area (TPSA) is 17.1 Å². The van der Waals surface area contributed by atoms with Crippen LogP contribution in [0.4, 0.5) is 0 Å². The van der Waals surface area contributed by atoms with Gasteiger partial charge in [-0.1, -0.05) is 134 Å². The number of carbonyl (C=O) groups is 1. The van der Waals surface area contributed by atoms with Gasteiger partial charge in [0.15, 0.2) is 5.78 Å². The second-order valence-electron chi connectivity index (χ2n) is 9.27. The van der Waals surface area contributed by atoms with Crippen molar-refractivity contribution in [2.45, 2.75) is 46.0 Å². The van der Waals surface area contributed by atoms with E-state index in [2.05, 4.69) is 124 Å². The normalized spacial score (nSPS) is 12.9. The molecule has 3 heteroatoms. The maximum Gasteiger partial charge on any atom is 0.155 e. The molecule has 0 aliphatic carbocycles. The molecule has 0 bridgehead atoms. The molecule has 3 rings (SSSR count). The van der Waals surface area contributed by atoms with Crippen LogP contribution in [0.25, 0.3) is 5.20 Å². The fraction of sp³-hybridized carbons (Fsp3) is 0.250. The SMILES string of the molecule is CCCC(=O)/C(=C(/c1ccccc1)[Si](C)(C)c1ccccc1)[Si](C)(C)c1ccccc1. The summed E-state index contributed by atoms with van der Waals surface area (Å²) in [6.07, 6.45) is 1.48. The van der Waals surface area contributed by atoms with Gasteiger partial charge >= 0.3 is 0 Å². The van der Waals surface area contributed by atoms with Gasteiger partial charge in [-0.2, -0.15) is 0 Å². The average molecular weight is 443 g/mol. The van der Waals surface area contributed by atoms with Crippen LogP contribution in [0.15, 0.2) is 96.2 Å². The van der Waals surface area contributed by atoms with Gasteiger partial charge in [0, 0.05) is 6.42 Å². The van der Waals surface area contributed by atoms with E-state index in [4.69, 9.17) is 0 Å². The Morgan fingerprint density at radius 3 is 1.52 bits per heavy atom. The van der Waals surface area contributed by atoms with E-state index >= 15 is 0 Å². The first-order valence-electron chi connectivity index (χ1n) is 11.2. The molecule has 0 unspecified atom stereocenters. The van der Waals surface area contributed by atoms with E-state index < -0.39 is 16.1 Å². The van der Waals surface area contributed by atoms with E-state index in [-0.39, 0.29) is 0 Å². The van der Waals surface area contributed by atoms with Crippen molar-refractivity contribution in [1.82, 2.24) is 0 Å². The van der Waals surface area contributed by atoms with Crippen molar-refractivity contribution in [2.24, 2.45) is 0 Å². The summed E-state index contributed by atoms with van der Waals surface area (Å²) in [7, 11) is -4.39. The van der Waals surface area contributed by atoms with Crippen molar-refractivity contribution in [3.63, 3.8) is 0 Å². The van der Waals surface area contributed by atoms with E-state index in [1.54, 1.807) is 0 Å². The minimum atomic E-state index is -2.23. The fourth-order valence-corrected chi connectivity index (χ4v) is 12.3. The Labute approximate surface area is 189 Å². The molecule has 0 N–H and O–H groups in total. The molecular formula is C28H34OSi2. The van der Waals surface area contributed by atoms with Crippen LogP contribution in [0.3, 0.4) is 0 Å². The van der Waals surface area contributed by atoms with Crippen LogP contribution < -0.4 is 10.4 Å². The van der Waals surface area contributed by atoms with Crippen LogP contribution in [0.2, 0.25) is 26.2 Å². The first-order chi connectivity index (χ1) is 14.8. The highest BCUT2D eigenvalue weighted by Gasteiger charge is 2.41. The summed E-state index contributed by atoms with van der Waals surface area (Å²) >= 11 is 0. The van der Waals surface area contributed by atoms with Crippen molar-refractivity contribution < 1.29 is 4.79 Å². The number of Topliss-reactive ketones (excluding diaryl/α,β-unsaturated/α-hetero) is 1. The number of ketones is 1. The highest BCUT2D eigenvalue weighted by atomic mass is 28.3. The van der Waals surface area contributed by atoms with E-state index in [0.29, 0.717) is 12.2 Å². The monoisotopic (exact) mass is 442 g/mol. The lowest BCUT2D eigenvalue weighted by atomic mass is 10.1. The predicted octanol–water partition coefficient (Wildman–Crippen LogP) is 6.12. The number of benzene rings is 3. The molecule has 0 amide bonds. The first kappa shape index (κ1) is 23.2. The van der Waals surface area contributed by atoms with Gasteiger partial charge in [0.05, 0.1) is 0 Å². The quantitative estimate of drug-likeness (QED) is 0.303. The fourth-order valence-electron chi connectivity index (χ4n) is 4.57. The Morgan fingerprint density at radius 2 is 1.06 bits per heavy atom. The zero-order valence-electron chi connectivity index (χ0n) is 19.5. The van der Waals surface area contributed by atoms with Crippen molar-refractivity contribution in [3.05, 3.63) is 102 Å². The second kappa shape index (κ2) is 9.75. The van der Waals surface area contributed by atoms with Gasteiger partial charge in [0.2, 0.25) is 0 Å². The molecule has 3 aromatic carbocycles. The Morgan fingerprint density at radius 1 is 0.645 bits per heavy atom. The summed E-state index contributed by atoms with van der Waals surface area (Å²) in [5.74, 6) is 0.332. The van der Waals surface area contributed by atoms with Gasteiger partial charge in [-0.05, 0) is 22.4 Å². The molecule has 0 heterocycles. The Balaban J connectivity index is 2.40. The summed E-state index contributed by atoms with van der Waals surface area (Å²) < 4.78 is 0. The Kier molecular flexibility index (Phi) is 7.29. The zero-order valence-corrected chi connectivity index (χ0v) is 21.5. The van der Waals surface area contributed by atoms with Crippen molar-refractivity contribution in [2.75, 3.05) is 0 Å². The van der Waals surface area contributed by atoms with Gasteiger partial charge in [-0.3, -0.25) is 4.79 Å². The zero-order chi connectivity index (χ0) is 22.5. The number of hydrogen-bond donors (Lipinski definition) is 0. The minimum absolute atomic E-state index is 0.332. The largest absolute Gasteiger partial charge is 0.295 e. The second-order valence-corrected chi connectivity index (χ2v) is 17.9. The number of carbonyl (C=O) groups excluding carboxylic acids is 1. The van der Waals surface area contributed by atoms with E-state index in [1.807, 2.05) is 0 Å². The molecule has 0 atom stereocenters. The van der Waals surface area contributed by atoms with Crippen LogP contribution in [-0.2, 0) is 4.79 Å². The third-order valence-electron chi connectivity index (χ3n) is 6.31. The molecule has 0 spiro atoms. The lowest BCUT2D eigenvalue weighted by Gasteiger charge is -2.36. The van der Waals surface area contributed by atoms with Gasteiger partial charge in [-0.15, -0.1) is 0 Å². The lowest BCUT2D eigenvalue weighted by Crippen LogP contribution is -2.51. The smallest absolute Gasteiger partial charge is 0.155 e. The highest BCUT2D eigenvalue weighted by Crippen LogP contribution is 2.35. The standard InChI is InChI=1S/C28H34OSi2/c1-6-16-26(29)28(31(4,5)25-21-14-9-15-22-25)27(23-17-10-7-11-18-23)30(2,3)24-19-12-8-13-20-24/h7-15,17-22H,6,16H2,1-5H3/b28-27+. The summed E-state index contributed by atoms with van der Waals surface area (Å²) in [5, 5.41) is 5.12. The molecular weight excluding hydrogens is 408 g/mol. The maximum absolute atomic E-state index is 13.9. The molecule has 0 saturated carbocycles. The number of allylic oxidation sites excluding steroid dienone is 1. The number of hydrogen-bond acceptors (Lipinski definition) is 1. The highest BCUT2D eigenvalue weighted by molar-refractivity contribution is 7.09. The third-order valence-corrected chi connectivity index (χ3v) is 13.7. The summed E-state index contributed by atoms with van der Waals surface area (Å²) in [6, 6.07) is 32.2. The molecule has 0 radical (unpaired) electrons. The van der Waals surface area contributed by atoms with Gasteiger partial charge in [0.1, 0.15) is 16.1 Å². The van der Waals surface area contributed by atoms with E-state index in [1.165, 1.54) is 21.1 Å². The van der Waals surface area contributed by atoms with Gasteiger partial charge in [-0.25, -0.2) is 0 Å². The summed E-state index contributed by atoms with van der Waals surface area (Å²) in [5.41, 5.74) is 1.21. The Bertz CT molecular complexity index is 1040. The van der Waals surface area contributed by atoms with Crippen molar-refractivity contribution in [1.29, 1.82) is 0 Å². The van der Waals surface area contributed by atoms with Crippen LogP contribution in [0, 0.1) is 0 Å². The molecule has 1 nitrogen and oxygen atoms in total. The van der Waals surface area contributed by atoms with Crippen molar-refractivity contribution in [3.8, 4) is 0 Å². The van der Waals surface area contributed by atoms with Gasteiger partial charge < -0.3 is 0 Å². The Hall–Kier alpha value is -2.50. The molecule has 31 heavy (non-hydrogen) atoms. The van der Waals surface area contributed by atoms with E-state index in [0.717, 1.165) is 11.6 Å². The third kappa shape index (κ3) is 4.89. The van der Waals surface area contributed by atoms with Crippen LogP contribution in [0.5, 0.6) is 0 Å². The molecule has 0 fully saturated rings. The number of rotatable bonds is 8. The average Bonchev–Trinajstić information content (AvgIpc) is 2.79. The van der Waals surface area contributed by atoms with Crippen LogP contribution >= 0.6 is 0 Å². The van der Waals surface area contributed by atoms with E-state index in [9.17, 15) is 4.79 Å². The van der Waals surface area contributed by atoms with Crippen LogP contribution in [-0.4, -0.2) is 21.9 Å². The maximum atomic E-state index is 13.9. The molecule has 0 aliphatic heterocycles. The molecule has 0 aliphatic rings. The van der Waals surface area contributed by atoms with Crippen LogP contribution in [0.1, 0.15) is 25.3 Å². The molecule has 160 valence electrons. The minimum Gasteiger partial charge on any atom is -0.295 e. The molecule has 0 aromatic heterocycles. The predicted molar refractivity (Wildman–Crippen MR) is 140 cm³/mol. The van der Waals surface area contributed by atoms with Gasteiger partial charge in [0.25, 0.3) is 0 Å². The molecule has 3 aromatic rings. The van der Waals surface area contributed by atoms with Crippen molar-refractivity contribution >= 4 is 37.5 Å². The molecule has 0 saturated heterocycles. The summed E-state index contributed by atoms with van der Waals surface area (Å²) in [6.45, 7) is 11.6. The lowest BCUT2D eigenvalue weighted by molar-refractivity contribution is -0.115. The summed E-state index contributed by atoms with van der Waals surface area (Å²) in [4.78, 5) is 13.9. The first-order valence-corrected chi connectivity index (χ1v) is 17.2.